The van der Waals surface area contributed by atoms with Gasteiger partial charge in [-0.25, -0.2) is 0 Å². The van der Waals surface area contributed by atoms with Crippen LogP contribution in [0, 0.1) is 0 Å². The van der Waals surface area contributed by atoms with E-state index in [2.05, 4.69) is 3.32 Å². The Morgan fingerprint density at radius 2 is 1.56 bits per heavy atom. The van der Waals surface area contributed by atoms with Crippen molar-refractivity contribution in [2.24, 2.45) is 0 Å². The van der Waals surface area contributed by atoms with Gasteiger partial charge in [0.25, 0.3) is 0 Å². The Bertz CT molecular complexity index is 70.7. The van der Waals surface area contributed by atoms with Crippen LogP contribution in [-0.2, 0) is 21.5 Å². The quantitative estimate of drug-likeness (QED) is 0.447. The van der Waals surface area contributed by atoms with Crippen LogP contribution in [0.5, 0.6) is 0 Å². The summed E-state index contributed by atoms with van der Waals surface area (Å²) in [6.07, 6.45) is -0.324. The topological polar surface area (TPSA) is 69.9 Å². The van der Waals surface area contributed by atoms with Crippen molar-refractivity contribution >= 4 is 23.1 Å². The van der Waals surface area contributed by atoms with Gasteiger partial charge in [0.05, 0.1) is 0 Å². The molecule has 0 aromatic carbocycles. The van der Waals surface area contributed by atoms with Gasteiger partial charge in [-0.2, -0.15) is 0 Å². The zero-order chi connectivity index (χ0) is 6.78. The van der Waals surface area contributed by atoms with Crippen LogP contribution in [0.4, 0.5) is 0 Å². The Labute approximate surface area is 75.3 Å². The molecule has 0 rings (SSSR count). The van der Waals surface area contributed by atoms with E-state index in [1.165, 1.54) is 0 Å². The van der Waals surface area contributed by atoms with Gasteiger partial charge in [-0.05, 0) is 0 Å². The first-order chi connectivity index (χ1) is 3.42. The van der Waals surface area contributed by atoms with Gasteiger partial charge < -0.3 is 0 Å². The van der Waals surface area contributed by atoms with Crippen molar-refractivity contribution in [3.8, 4) is 0 Å². The summed E-state index contributed by atoms with van der Waals surface area (Å²) < 4.78 is 29.1. The first-order valence-electron chi connectivity index (χ1n) is 2.27. The second-order valence-corrected chi connectivity index (χ2v) is 3.90. The van der Waals surface area contributed by atoms with E-state index < -0.39 is 18.1 Å². The minimum absolute atomic E-state index is 0. The van der Waals surface area contributed by atoms with Crippen molar-refractivity contribution in [2.45, 2.75) is 20.0 Å². The molecular formula is C3H12MgO4Ti. The molecule has 0 spiro atoms. The molecule has 0 aromatic rings. The van der Waals surface area contributed by atoms with Gasteiger partial charge in [-0.15, -0.1) is 0 Å². The molecule has 0 unspecified atom stereocenters. The van der Waals surface area contributed by atoms with Crippen LogP contribution in [0.25, 0.3) is 0 Å². The first-order valence-corrected chi connectivity index (χ1v) is 5.00. The minimum atomic E-state index is -4.66. The minimum Gasteiger partial charge on any atom is 0.316 e. The van der Waals surface area contributed by atoms with E-state index in [9.17, 15) is 0 Å². The Kier molecular flexibility index (Phi) is 7.25. The smallest absolute Gasteiger partial charge is 0.316 e. The fourth-order valence-electron chi connectivity index (χ4n) is 0.316. The van der Waals surface area contributed by atoms with Gasteiger partial charge in [0.15, 0.2) is 0 Å². The molecule has 0 aliphatic carbocycles. The molecule has 0 bridgehead atoms. The summed E-state index contributed by atoms with van der Waals surface area (Å²) in [5.41, 5.74) is 0. The molecule has 0 saturated carbocycles. The van der Waals surface area contributed by atoms with Crippen molar-refractivity contribution in [3.63, 3.8) is 0 Å². The third-order valence-electron chi connectivity index (χ3n) is 0.394. The van der Waals surface area contributed by atoms with Crippen molar-refractivity contribution in [1.82, 2.24) is 0 Å². The summed E-state index contributed by atoms with van der Waals surface area (Å²) in [5, 5.41) is 0. The van der Waals surface area contributed by atoms with E-state index in [4.69, 9.17) is 11.1 Å². The Morgan fingerprint density at radius 1 is 1.22 bits per heavy atom. The van der Waals surface area contributed by atoms with E-state index in [0.29, 0.717) is 0 Å². The summed E-state index contributed by atoms with van der Waals surface area (Å²) in [7, 11) is 0. The second-order valence-electron chi connectivity index (χ2n) is 1.74. The average molecular weight is 184 g/mol. The number of hydrogen-bond acceptors (Lipinski definition) is 4. The standard InChI is InChI=1S/C3H7O.Mg.3H2O.Ti.2H/c1-3(2)4;;;;;;;/h3H,1-2H3;;3*1H2;;;/q-1;;;;;+4;;/p-3. The molecule has 0 fully saturated rings. The van der Waals surface area contributed by atoms with Crippen LogP contribution in [0.2, 0.25) is 0 Å². The molecule has 9 heavy (non-hydrogen) atoms. The van der Waals surface area contributed by atoms with Crippen molar-refractivity contribution in [3.05, 3.63) is 0 Å². The predicted molar refractivity (Wildman–Crippen MR) is 31.4 cm³/mol. The molecule has 4 nitrogen and oxygen atoms in total. The van der Waals surface area contributed by atoms with E-state index in [0.717, 1.165) is 0 Å². The maximum Gasteiger partial charge on any atom is 0.316 e. The number of hydrogen-bond donors (Lipinski definition) is 3. The summed E-state index contributed by atoms with van der Waals surface area (Å²) >= 11 is -4.66. The van der Waals surface area contributed by atoms with Gasteiger partial charge in [0.1, 0.15) is 0 Å². The SMILES string of the molecule is CC(C)[O][Ti]([OH])([OH])[OH].[MgH2]. The molecule has 0 saturated heterocycles. The summed E-state index contributed by atoms with van der Waals surface area (Å²) in [5.74, 6) is 0. The zero-order valence-corrected chi connectivity index (χ0v) is 6.39. The predicted octanol–water partition coefficient (Wildman–Crippen LogP) is -1.71. The molecular weight excluding hydrogens is 172 g/mol. The van der Waals surface area contributed by atoms with Crippen LogP contribution < -0.4 is 0 Å². The Morgan fingerprint density at radius 3 is 1.56 bits per heavy atom. The van der Waals surface area contributed by atoms with Crippen LogP contribution in [0.15, 0.2) is 0 Å². The second kappa shape index (κ2) is 5.04. The molecule has 6 heteroatoms. The third kappa shape index (κ3) is 12.5. The number of rotatable bonds is 2. The van der Waals surface area contributed by atoms with Crippen LogP contribution >= 0.6 is 0 Å². The van der Waals surface area contributed by atoms with E-state index in [-0.39, 0.29) is 29.2 Å². The third-order valence-corrected chi connectivity index (χ3v) is 1.62. The first kappa shape index (κ1) is 13.0. The summed E-state index contributed by atoms with van der Waals surface area (Å²) in [4.78, 5) is 0. The molecule has 54 valence electrons. The van der Waals surface area contributed by atoms with E-state index in [1.807, 2.05) is 0 Å². The van der Waals surface area contributed by atoms with E-state index >= 15 is 0 Å². The van der Waals surface area contributed by atoms with E-state index in [1.54, 1.807) is 13.8 Å². The van der Waals surface area contributed by atoms with Gasteiger partial charge in [-0.3, -0.25) is 0 Å². The molecule has 0 atom stereocenters. The summed E-state index contributed by atoms with van der Waals surface area (Å²) in [6, 6.07) is 0. The molecule has 0 aromatic heterocycles. The Hall–Kier alpha value is 1.32. The molecule has 0 amide bonds. The summed E-state index contributed by atoms with van der Waals surface area (Å²) in [6.45, 7) is 3.23. The average Bonchev–Trinajstić information content (AvgIpc) is 1.21. The van der Waals surface area contributed by atoms with Gasteiger partial charge >= 0.3 is 75.5 Å². The van der Waals surface area contributed by atoms with Crippen LogP contribution in [0.1, 0.15) is 13.8 Å². The largest absolute Gasteiger partial charge is 0.316 e. The van der Waals surface area contributed by atoms with Gasteiger partial charge in [-0.1, -0.05) is 0 Å². The molecule has 0 radical (unpaired) electrons. The van der Waals surface area contributed by atoms with Crippen LogP contribution in [-0.4, -0.2) is 40.2 Å². The molecule has 0 aliphatic rings. The fourth-order valence-corrected chi connectivity index (χ4v) is 1.30. The fraction of sp³-hybridized carbons (Fsp3) is 1.00. The molecule has 3 N–H and O–H groups in total. The van der Waals surface area contributed by atoms with Gasteiger partial charge in [0.2, 0.25) is 0 Å². The van der Waals surface area contributed by atoms with Crippen molar-refractivity contribution < 1.29 is 32.5 Å². The van der Waals surface area contributed by atoms with Crippen molar-refractivity contribution in [1.29, 1.82) is 0 Å². The molecule has 0 aliphatic heterocycles. The zero-order valence-electron chi connectivity index (χ0n) is 4.83. The van der Waals surface area contributed by atoms with Crippen molar-refractivity contribution in [2.75, 3.05) is 0 Å². The monoisotopic (exact) mass is 184 g/mol. The molecule has 0 heterocycles. The normalized spacial score (nSPS) is 11.3. The van der Waals surface area contributed by atoms with Gasteiger partial charge in [0, 0.05) is 0 Å². The maximum absolute atomic E-state index is 8.26. The maximum atomic E-state index is 8.26. The Balaban J connectivity index is 0. The van der Waals surface area contributed by atoms with Crippen LogP contribution in [0.3, 0.4) is 0 Å².